The van der Waals surface area contributed by atoms with Crippen LogP contribution in [-0.2, 0) is 6.42 Å². The molecule has 1 saturated carbocycles. The van der Waals surface area contributed by atoms with Crippen molar-refractivity contribution in [3.05, 3.63) is 46.5 Å². The van der Waals surface area contributed by atoms with Gasteiger partial charge in [0.2, 0.25) is 5.95 Å². The van der Waals surface area contributed by atoms with E-state index in [1.54, 1.807) is 0 Å². The molecule has 4 heterocycles. The quantitative estimate of drug-likeness (QED) is 0.714. The molecule has 0 bridgehead atoms. The first-order chi connectivity index (χ1) is 14.2. The fourth-order valence-corrected chi connectivity index (χ4v) is 4.33. The number of hydrogen-bond donors (Lipinski definition) is 1. The van der Waals surface area contributed by atoms with E-state index >= 15 is 0 Å². The summed E-state index contributed by atoms with van der Waals surface area (Å²) in [5, 5.41) is 4.11. The third-order valence-electron chi connectivity index (χ3n) is 6.13. The Kier molecular flexibility index (Phi) is 4.66. The first-order valence-corrected chi connectivity index (χ1v) is 10.6. The maximum absolute atomic E-state index is 13.1. The minimum absolute atomic E-state index is 0.0913. The highest BCUT2D eigenvalue weighted by Gasteiger charge is 2.22. The summed E-state index contributed by atoms with van der Waals surface area (Å²) in [6.45, 7) is 4.22. The minimum Gasteiger partial charge on any atom is -0.370 e. The molecule has 5 rings (SSSR count). The molecule has 2 fully saturated rings. The SMILES string of the molecule is CCc1cc2cnc(Nc3ccc(N4CCC4)cn3)nc2n(C2CCCC2)c1=O. The summed E-state index contributed by atoms with van der Waals surface area (Å²) >= 11 is 0. The summed E-state index contributed by atoms with van der Waals surface area (Å²) in [6, 6.07) is 6.18. The number of anilines is 3. The maximum Gasteiger partial charge on any atom is 0.255 e. The molecule has 1 aliphatic carbocycles. The summed E-state index contributed by atoms with van der Waals surface area (Å²) in [6.07, 6.45) is 10.1. The Morgan fingerprint density at radius 3 is 2.59 bits per heavy atom. The summed E-state index contributed by atoms with van der Waals surface area (Å²) in [7, 11) is 0. The molecule has 0 unspecified atom stereocenters. The third kappa shape index (κ3) is 3.34. The number of nitrogens with one attached hydrogen (secondary N) is 1. The van der Waals surface area contributed by atoms with Gasteiger partial charge in [0, 0.05) is 36.3 Å². The second-order valence-electron chi connectivity index (χ2n) is 7.98. The molecule has 0 aromatic carbocycles. The average Bonchev–Trinajstić information content (AvgIpc) is 3.22. The topological polar surface area (TPSA) is 75.9 Å². The predicted molar refractivity (Wildman–Crippen MR) is 115 cm³/mol. The number of hydrogen-bond acceptors (Lipinski definition) is 6. The second kappa shape index (κ2) is 7.46. The summed E-state index contributed by atoms with van der Waals surface area (Å²) in [5.74, 6) is 1.17. The first kappa shape index (κ1) is 18.1. The van der Waals surface area contributed by atoms with Crippen molar-refractivity contribution in [3.63, 3.8) is 0 Å². The average molecular weight is 390 g/mol. The van der Waals surface area contributed by atoms with Gasteiger partial charge in [0.05, 0.1) is 11.9 Å². The first-order valence-electron chi connectivity index (χ1n) is 10.6. The number of nitrogens with zero attached hydrogens (tertiary/aromatic N) is 5. The molecule has 2 aliphatic rings. The Morgan fingerprint density at radius 1 is 1.10 bits per heavy atom. The van der Waals surface area contributed by atoms with Crippen LogP contribution in [0.2, 0.25) is 0 Å². The summed E-state index contributed by atoms with van der Waals surface area (Å²) in [5.41, 5.74) is 2.78. The molecule has 0 atom stereocenters. The fourth-order valence-electron chi connectivity index (χ4n) is 4.33. The second-order valence-corrected chi connectivity index (χ2v) is 7.98. The number of fused-ring (bicyclic) bond motifs is 1. The maximum atomic E-state index is 13.1. The van der Waals surface area contributed by atoms with Gasteiger partial charge in [0.1, 0.15) is 11.5 Å². The predicted octanol–water partition coefficient (Wildman–Crippen LogP) is 3.82. The van der Waals surface area contributed by atoms with Gasteiger partial charge >= 0.3 is 0 Å². The van der Waals surface area contributed by atoms with Crippen molar-refractivity contribution in [1.82, 2.24) is 19.5 Å². The van der Waals surface area contributed by atoms with Crippen molar-refractivity contribution < 1.29 is 0 Å². The van der Waals surface area contributed by atoms with Crippen LogP contribution >= 0.6 is 0 Å². The van der Waals surface area contributed by atoms with Crippen LogP contribution in [0, 0.1) is 0 Å². The van der Waals surface area contributed by atoms with Crippen LogP contribution in [0.3, 0.4) is 0 Å². The van der Waals surface area contributed by atoms with Crippen molar-refractivity contribution in [1.29, 1.82) is 0 Å². The van der Waals surface area contributed by atoms with Crippen molar-refractivity contribution in [2.24, 2.45) is 0 Å². The number of rotatable bonds is 5. The lowest BCUT2D eigenvalue weighted by molar-refractivity contribution is 0.513. The van der Waals surface area contributed by atoms with E-state index in [1.807, 2.05) is 36.0 Å². The van der Waals surface area contributed by atoms with Gasteiger partial charge in [-0.25, -0.2) is 9.97 Å². The van der Waals surface area contributed by atoms with Crippen LogP contribution in [0.5, 0.6) is 0 Å². The van der Waals surface area contributed by atoms with Crippen molar-refractivity contribution >= 4 is 28.5 Å². The third-order valence-corrected chi connectivity index (χ3v) is 6.13. The molecule has 1 aliphatic heterocycles. The lowest BCUT2D eigenvalue weighted by atomic mass is 10.1. The van der Waals surface area contributed by atoms with E-state index in [2.05, 4.69) is 26.3 Å². The van der Waals surface area contributed by atoms with Gasteiger partial charge < -0.3 is 10.2 Å². The van der Waals surface area contributed by atoms with Crippen molar-refractivity contribution in [2.45, 2.75) is 51.5 Å². The molecule has 0 amide bonds. The van der Waals surface area contributed by atoms with Crippen LogP contribution < -0.4 is 15.8 Å². The Bertz CT molecular complexity index is 1080. The molecule has 3 aromatic heterocycles. The van der Waals surface area contributed by atoms with Crippen LogP contribution in [0.15, 0.2) is 35.4 Å². The highest BCUT2D eigenvalue weighted by molar-refractivity contribution is 5.76. The van der Waals surface area contributed by atoms with Gasteiger partial charge in [0.25, 0.3) is 5.56 Å². The van der Waals surface area contributed by atoms with E-state index in [0.717, 1.165) is 49.0 Å². The molecule has 0 radical (unpaired) electrons. The van der Waals surface area contributed by atoms with Gasteiger partial charge in [-0.2, -0.15) is 4.98 Å². The largest absolute Gasteiger partial charge is 0.370 e. The van der Waals surface area contributed by atoms with E-state index in [9.17, 15) is 4.79 Å². The van der Waals surface area contributed by atoms with Crippen LogP contribution in [0.1, 0.15) is 50.6 Å². The fraction of sp³-hybridized carbons (Fsp3) is 0.455. The molecular formula is C22H26N6O. The Hall–Kier alpha value is -2.96. The molecule has 150 valence electrons. The van der Waals surface area contributed by atoms with Crippen LogP contribution in [-0.4, -0.2) is 32.6 Å². The van der Waals surface area contributed by atoms with Gasteiger partial charge in [-0.1, -0.05) is 19.8 Å². The molecule has 1 saturated heterocycles. The molecular weight excluding hydrogens is 364 g/mol. The number of aromatic nitrogens is 4. The van der Waals surface area contributed by atoms with Crippen LogP contribution in [0.25, 0.3) is 11.0 Å². The highest BCUT2D eigenvalue weighted by Crippen LogP contribution is 2.31. The number of pyridine rings is 2. The Labute approximate surface area is 169 Å². The molecule has 1 N–H and O–H groups in total. The monoisotopic (exact) mass is 390 g/mol. The lowest BCUT2D eigenvalue weighted by Gasteiger charge is -2.32. The minimum atomic E-state index is 0.0913. The van der Waals surface area contributed by atoms with Crippen molar-refractivity contribution in [3.8, 4) is 0 Å². The molecule has 0 spiro atoms. The van der Waals surface area contributed by atoms with Gasteiger partial charge in [-0.15, -0.1) is 0 Å². The zero-order valence-corrected chi connectivity index (χ0v) is 16.8. The van der Waals surface area contributed by atoms with E-state index in [4.69, 9.17) is 4.98 Å². The lowest BCUT2D eigenvalue weighted by Crippen LogP contribution is -2.36. The highest BCUT2D eigenvalue weighted by atomic mass is 16.1. The molecule has 29 heavy (non-hydrogen) atoms. The Balaban J connectivity index is 1.50. The van der Waals surface area contributed by atoms with E-state index in [1.165, 1.54) is 19.3 Å². The van der Waals surface area contributed by atoms with Gasteiger partial charge in [-0.05, 0) is 43.9 Å². The van der Waals surface area contributed by atoms with Crippen molar-refractivity contribution in [2.75, 3.05) is 23.3 Å². The van der Waals surface area contributed by atoms with E-state index in [0.29, 0.717) is 17.4 Å². The summed E-state index contributed by atoms with van der Waals surface area (Å²) < 4.78 is 1.91. The zero-order chi connectivity index (χ0) is 19.8. The van der Waals surface area contributed by atoms with Gasteiger partial charge in [0.15, 0.2) is 0 Å². The Morgan fingerprint density at radius 2 is 1.93 bits per heavy atom. The van der Waals surface area contributed by atoms with Crippen LogP contribution in [0.4, 0.5) is 17.5 Å². The smallest absolute Gasteiger partial charge is 0.255 e. The van der Waals surface area contributed by atoms with E-state index in [-0.39, 0.29) is 11.6 Å². The standard InChI is InChI=1S/C22H26N6O/c1-2-15-12-16-13-24-22(25-19-9-8-18(14-23-19)27-10-5-11-27)26-20(16)28(21(15)29)17-6-3-4-7-17/h8-9,12-14,17H,2-7,10-11H2,1H3,(H,23,24,25,26). The zero-order valence-electron chi connectivity index (χ0n) is 16.8. The number of aryl methyl sites for hydroxylation is 1. The van der Waals surface area contributed by atoms with E-state index < -0.39 is 0 Å². The molecule has 7 heteroatoms. The molecule has 3 aromatic rings. The van der Waals surface area contributed by atoms with Gasteiger partial charge in [-0.3, -0.25) is 9.36 Å². The normalized spacial score (nSPS) is 16.9. The summed E-state index contributed by atoms with van der Waals surface area (Å²) in [4.78, 5) is 29.1. The molecule has 7 nitrogen and oxygen atoms in total.